The molecule has 1 fully saturated rings. The van der Waals surface area contributed by atoms with Crippen LogP contribution in [0.3, 0.4) is 0 Å². The van der Waals surface area contributed by atoms with Gasteiger partial charge >= 0.3 is 0 Å². The molecule has 6 heteroatoms. The van der Waals surface area contributed by atoms with Crippen molar-refractivity contribution in [2.45, 2.75) is 37.5 Å². The molecular formula is C10H18N2O3S. The first kappa shape index (κ1) is 13.4. The van der Waals surface area contributed by atoms with E-state index in [4.69, 9.17) is 10.00 Å². The minimum atomic E-state index is -3.44. The van der Waals surface area contributed by atoms with E-state index in [9.17, 15) is 8.42 Å². The molecule has 1 unspecified atom stereocenters. The summed E-state index contributed by atoms with van der Waals surface area (Å²) in [5.41, 5.74) is 0. The van der Waals surface area contributed by atoms with Gasteiger partial charge in [-0.05, 0) is 19.3 Å². The predicted octanol–water partition coefficient (Wildman–Crippen LogP) is 0.729. The van der Waals surface area contributed by atoms with Crippen molar-refractivity contribution in [3.63, 3.8) is 0 Å². The van der Waals surface area contributed by atoms with Gasteiger partial charge in [-0.2, -0.15) is 5.26 Å². The summed E-state index contributed by atoms with van der Waals surface area (Å²) in [4.78, 5) is 0. The molecule has 0 aromatic rings. The maximum absolute atomic E-state index is 12.0. The second kappa shape index (κ2) is 5.62. The molecule has 0 N–H and O–H groups in total. The summed E-state index contributed by atoms with van der Waals surface area (Å²) in [5.74, 6) is 0. The Morgan fingerprint density at radius 1 is 1.50 bits per heavy atom. The zero-order valence-electron chi connectivity index (χ0n) is 9.72. The largest absolute Gasteiger partial charge is 0.381 e. The van der Waals surface area contributed by atoms with Gasteiger partial charge in [0, 0.05) is 20.2 Å². The Bertz CT molecular complexity index is 353. The standard InChI is InChI=1S/C10H18N2O3S/c1-3-10(8-11)16(13,14)12-6-4-9(15-2)5-7-12/h9-10H,3-7H2,1-2H3. The van der Waals surface area contributed by atoms with E-state index in [1.165, 1.54) is 4.31 Å². The van der Waals surface area contributed by atoms with Crippen LogP contribution in [-0.2, 0) is 14.8 Å². The molecule has 1 saturated heterocycles. The maximum Gasteiger partial charge on any atom is 0.230 e. The van der Waals surface area contributed by atoms with E-state index in [0.29, 0.717) is 32.4 Å². The van der Waals surface area contributed by atoms with E-state index in [1.807, 2.05) is 6.07 Å². The molecule has 0 aliphatic carbocycles. The third-order valence-corrected chi connectivity index (χ3v) is 5.21. The molecule has 1 atom stereocenters. The van der Waals surface area contributed by atoms with Crippen LogP contribution in [0.1, 0.15) is 26.2 Å². The van der Waals surface area contributed by atoms with E-state index in [1.54, 1.807) is 14.0 Å². The Morgan fingerprint density at radius 3 is 2.44 bits per heavy atom. The van der Waals surface area contributed by atoms with Crippen molar-refractivity contribution in [3.05, 3.63) is 0 Å². The fourth-order valence-corrected chi connectivity index (χ4v) is 3.50. The van der Waals surface area contributed by atoms with E-state index in [2.05, 4.69) is 0 Å². The Labute approximate surface area is 97.0 Å². The highest BCUT2D eigenvalue weighted by Crippen LogP contribution is 2.19. The topological polar surface area (TPSA) is 70.4 Å². The zero-order valence-corrected chi connectivity index (χ0v) is 10.5. The van der Waals surface area contributed by atoms with Gasteiger partial charge in [0.25, 0.3) is 0 Å². The van der Waals surface area contributed by atoms with Gasteiger partial charge in [-0.15, -0.1) is 0 Å². The average Bonchev–Trinajstić information content (AvgIpc) is 2.30. The number of nitriles is 1. The summed E-state index contributed by atoms with van der Waals surface area (Å²) in [6.45, 7) is 2.63. The van der Waals surface area contributed by atoms with Gasteiger partial charge in [-0.1, -0.05) is 6.92 Å². The number of methoxy groups -OCH3 is 1. The summed E-state index contributed by atoms with van der Waals surface area (Å²) in [7, 11) is -1.80. The van der Waals surface area contributed by atoms with Crippen LogP contribution < -0.4 is 0 Å². The van der Waals surface area contributed by atoms with Gasteiger partial charge in [0.1, 0.15) is 0 Å². The molecule has 0 spiro atoms. The molecule has 0 radical (unpaired) electrons. The molecule has 0 amide bonds. The molecule has 0 bridgehead atoms. The highest BCUT2D eigenvalue weighted by molar-refractivity contribution is 7.90. The SMILES string of the molecule is CCC(C#N)S(=O)(=O)N1CCC(OC)CC1. The molecule has 92 valence electrons. The van der Waals surface area contributed by atoms with Crippen molar-refractivity contribution in [2.24, 2.45) is 0 Å². The first-order valence-corrected chi connectivity index (χ1v) is 6.98. The summed E-state index contributed by atoms with van der Waals surface area (Å²) in [6.07, 6.45) is 1.90. The average molecular weight is 246 g/mol. The fourth-order valence-electron chi connectivity index (χ4n) is 1.87. The number of sulfonamides is 1. The van der Waals surface area contributed by atoms with E-state index in [0.717, 1.165) is 0 Å². The van der Waals surface area contributed by atoms with Crippen LogP contribution in [0.15, 0.2) is 0 Å². The third-order valence-electron chi connectivity index (χ3n) is 2.97. The van der Waals surface area contributed by atoms with E-state index < -0.39 is 15.3 Å². The number of nitrogens with zero attached hydrogens (tertiary/aromatic N) is 2. The van der Waals surface area contributed by atoms with Crippen LogP contribution in [0.5, 0.6) is 0 Å². The van der Waals surface area contributed by atoms with Crippen LogP contribution in [0.2, 0.25) is 0 Å². The highest BCUT2D eigenvalue weighted by Gasteiger charge is 2.33. The first-order valence-electron chi connectivity index (χ1n) is 5.47. The summed E-state index contributed by atoms with van der Waals surface area (Å²) >= 11 is 0. The summed E-state index contributed by atoms with van der Waals surface area (Å²) < 4.78 is 30.6. The molecule has 0 aromatic heterocycles. The fraction of sp³-hybridized carbons (Fsp3) is 0.900. The lowest BCUT2D eigenvalue weighted by Gasteiger charge is -2.31. The molecule has 1 aliphatic rings. The molecule has 0 saturated carbocycles. The molecule has 1 aliphatic heterocycles. The van der Waals surface area contributed by atoms with E-state index in [-0.39, 0.29) is 6.10 Å². The van der Waals surface area contributed by atoms with Crippen molar-refractivity contribution in [3.8, 4) is 6.07 Å². The molecule has 1 heterocycles. The monoisotopic (exact) mass is 246 g/mol. The molecule has 16 heavy (non-hydrogen) atoms. The minimum absolute atomic E-state index is 0.147. The lowest BCUT2D eigenvalue weighted by molar-refractivity contribution is 0.0603. The number of piperidine rings is 1. The molecule has 0 aromatic carbocycles. The van der Waals surface area contributed by atoms with Gasteiger partial charge in [-0.3, -0.25) is 0 Å². The Hall–Kier alpha value is -0.640. The van der Waals surface area contributed by atoms with Gasteiger partial charge in [0.05, 0.1) is 12.2 Å². The molecular weight excluding hydrogens is 228 g/mol. The first-order chi connectivity index (χ1) is 7.56. The van der Waals surface area contributed by atoms with Crippen LogP contribution >= 0.6 is 0 Å². The number of ether oxygens (including phenoxy) is 1. The van der Waals surface area contributed by atoms with Crippen molar-refractivity contribution in [1.82, 2.24) is 4.31 Å². The van der Waals surface area contributed by atoms with E-state index >= 15 is 0 Å². The van der Waals surface area contributed by atoms with Crippen LogP contribution in [0, 0.1) is 11.3 Å². The smallest absolute Gasteiger partial charge is 0.230 e. The quantitative estimate of drug-likeness (QED) is 0.733. The minimum Gasteiger partial charge on any atom is -0.381 e. The lowest BCUT2D eigenvalue weighted by atomic mass is 10.1. The zero-order chi connectivity index (χ0) is 12.2. The predicted molar refractivity (Wildman–Crippen MR) is 60.2 cm³/mol. The Morgan fingerprint density at radius 2 is 2.06 bits per heavy atom. The van der Waals surface area contributed by atoms with Crippen molar-refractivity contribution < 1.29 is 13.2 Å². The van der Waals surface area contributed by atoms with Crippen molar-refractivity contribution in [1.29, 1.82) is 5.26 Å². The van der Waals surface area contributed by atoms with Crippen LogP contribution in [-0.4, -0.2) is 44.3 Å². The third kappa shape index (κ3) is 2.73. The lowest BCUT2D eigenvalue weighted by Crippen LogP contribution is -2.44. The van der Waals surface area contributed by atoms with Gasteiger partial charge in [0.2, 0.25) is 10.0 Å². The van der Waals surface area contributed by atoms with Gasteiger partial charge in [-0.25, -0.2) is 12.7 Å². The van der Waals surface area contributed by atoms with Crippen molar-refractivity contribution in [2.75, 3.05) is 20.2 Å². The summed E-state index contributed by atoms with van der Waals surface area (Å²) in [5, 5.41) is 7.90. The van der Waals surface area contributed by atoms with Gasteiger partial charge < -0.3 is 4.74 Å². The molecule has 5 nitrogen and oxygen atoms in total. The Kier molecular flexibility index (Phi) is 4.71. The second-order valence-electron chi connectivity index (χ2n) is 3.91. The second-order valence-corrected chi connectivity index (χ2v) is 6.02. The highest BCUT2D eigenvalue weighted by atomic mass is 32.2. The maximum atomic E-state index is 12.0. The van der Waals surface area contributed by atoms with Gasteiger partial charge in [0.15, 0.2) is 5.25 Å². The number of rotatable bonds is 4. The van der Waals surface area contributed by atoms with Crippen LogP contribution in [0.4, 0.5) is 0 Å². The van der Waals surface area contributed by atoms with Crippen molar-refractivity contribution >= 4 is 10.0 Å². The van der Waals surface area contributed by atoms with Crippen LogP contribution in [0.25, 0.3) is 0 Å². The number of hydrogen-bond donors (Lipinski definition) is 0. The number of hydrogen-bond acceptors (Lipinski definition) is 4. The normalized spacial score (nSPS) is 21.6. The molecule has 1 rings (SSSR count). The Balaban J connectivity index is 2.69. The summed E-state index contributed by atoms with van der Waals surface area (Å²) in [6, 6.07) is 1.85.